The Balaban J connectivity index is 0.850. The summed E-state index contributed by atoms with van der Waals surface area (Å²) >= 11 is 0. The molecule has 15 N–H and O–H groups in total. The van der Waals surface area contributed by atoms with Gasteiger partial charge in [0.2, 0.25) is 6.29 Å². The summed E-state index contributed by atoms with van der Waals surface area (Å²) in [6.07, 6.45) is -29.8. The van der Waals surface area contributed by atoms with Gasteiger partial charge in [-0.1, -0.05) is 60.6 Å². The highest BCUT2D eigenvalue weighted by atomic mass is 16.8. The molecule has 26 nitrogen and oxygen atoms in total. The first-order valence-corrected chi connectivity index (χ1v) is 30.8. The number of hydrogen-bond acceptors (Lipinski definition) is 26. The van der Waals surface area contributed by atoms with Crippen molar-refractivity contribution in [2.45, 2.75) is 280 Å². The molecule has 86 heavy (non-hydrogen) atoms. The number of allylic oxidation sites excluding steroid dienone is 3. The van der Waals surface area contributed by atoms with Crippen LogP contribution in [0, 0.1) is 44.3 Å². The third-order valence-corrected chi connectivity index (χ3v) is 22.8. The Morgan fingerprint density at radius 1 is 0.523 bits per heavy atom. The van der Waals surface area contributed by atoms with Crippen LogP contribution in [0.3, 0.4) is 0 Å². The fourth-order valence-electron chi connectivity index (χ4n) is 17.1. The second kappa shape index (κ2) is 24.5. The topological polar surface area (TPSA) is 413 Å². The smallest absolute Gasteiger partial charge is 0.318 e. The van der Waals surface area contributed by atoms with E-state index in [9.17, 15) is 76.6 Å². The number of esters is 1. The van der Waals surface area contributed by atoms with Crippen molar-refractivity contribution in [2.75, 3.05) is 19.8 Å². The lowest BCUT2D eigenvalue weighted by molar-refractivity contribution is -0.376. The number of rotatable bonds is 13. The van der Waals surface area contributed by atoms with E-state index >= 15 is 4.79 Å². The Morgan fingerprint density at radius 3 is 1.66 bits per heavy atom. The zero-order valence-corrected chi connectivity index (χ0v) is 50.5. The first-order chi connectivity index (χ1) is 40.2. The van der Waals surface area contributed by atoms with Crippen LogP contribution in [-0.2, 0) is 52.2 Å². The Kier molecular flexibility index (Phi) is 19.0. The van der Waals surface area contributed by atoms with Crippen LogP contribution >= 0.6 is 0 Å². The van der Waals surface area contributed by atoms with Gasteiger partial charge in [-0.3, -0.25) is 4.79 Å². The predicted octanol–water partition coefficient (Wildman–Crippen LogP) is -2.24. The molecule has 0 aromatic rings. The van der Waals surface area contributed by atoms with Gasteiger partial charge in [0.1, 0.15) is 110 Å². The average Bonchev–Trinajstić information content (AvgIpc) is 0.769. The van der Waals surface area contributed by atoms with Gasteiger partial charge in [-0.25, -0.2) is 0 Å². The maximum absolute atomic E-state index is 15.2. The minimum atomic E-state index is -1.91. The fraction of sp³-hybridized carbons (Fsp3) is 0.917. The summed E-state index contributed by atoms with van der Waals surface area (Å²) in [6, 6.07) is 0. The summed E-state index contributed by atoms with van der Waals surface area (Å²) in [5.74, 6) is -0.535. The van der Waals surface area contributed by atoms with E-state index in [0.29, 0.717) is 44.9 Å². The van der Waals surface area contributed by atoms with Crippen molar-refractivity contribution in [2.24, 2.45) is 44.3 Å². The molecule has 3 saturated carbocycles. The third-order valence-electron chi connectivity index (χ3n) is 22.8. The minimum absolute atomic E-state index is 0.0521. The quantitative estimate of drug-likeness (QED) is 0.0685. The molecule has 0 radical (unpaired) electrons. The van der Waals surface area contributed by atoms with Crippen molar-refractivity contribution in [3.63, 3.8) is 0 Å². The molecule has 0 spiro atoms. The first kappa shape index (κ1) is 66.9. The van der Waals surface area contributed by atoms with Gasteiger partial charge in [0.25, 0.3) is 0 Å². The number of hydrogen-bond donors (Lipinski definition) is 15. The lowest BCUT2D eigenvalue weighted by Crippen LogP contribution is -2.66. The van der Waals surface area contributed by atoms with E-state index in [0.717, 1.165) is 24.0 Å². The lowest BCUT2D eigenvalue weighted by Gasteiger charge is -2.69. The number of carbonyl (C=O) groups is 1. The van der Waals surface area contributed by atoms with Crippen molar-refractivity contribution in [1.29, 1.82) is 0 Å². The van der Waals surface area contributed by atoms with Gasteiger partial charge in [0.15, 0.2) is 25.2 Å². The normalized spacial score (nSPS) is 53.6. The third kappa shape index (κ3) is 11.1. The maximum Gasteiger partial charge on any atom is 0.318 e. The number of fused-ring (bicyclic) bond motifs is 6. The molecule has 0 aromatic heterocycles. The highest BCUT2D eigenvalue weighted by molar-refractivity contribution is 5.82. The van der Waals surface area contributed by atoms with Crippen molar-refractivity contribution in [3.8, 4) is 0 Å². The van der Waals surface area contributed by atoms with Gasteiger partial charge >= 0.3 is 5.97 Å². The molecule has 26 heteroatoms. The summed E-state index contributed by atoms with van der Waals surface area (Å²) in [4.78, 5) is 15.2. The average molecular weight is 1230 g/mol. The van der Waals surface area contributed by atoms with Gasteiger partial charge in [-0.05, 0) is 122 Å². The molecule has 5 aliphatic carbocycles. The zero-order valence-electron chi connectivity index (χ0n) is 50.5. The van der Waals surface area contributed by atoms with E-state index < -0.39 is 202 Å². The summed E-state index contributed by atoms with van der Waals surface area (Å²) < 4.78 is 59.7. The highest BCUT2D eigenvalue weighted by Crippen LogP contribution is 2.74. The molecule has 0 bridgehead atoms. The van der Waals surface area contributed by atoms with Gasteiger partial charge in [-0.2, -0.15) is 0 Å². The molecule has 32 atom stereocenters. The Morgan fingerprint density at radius 2 is 1.05 bits per heavy atom. The number of aliphatic hydroxyl groups excluding tert-OH is 15. The minimum Gasteiger partial charge on any atom is -0.432 e. The first-order valence-electron chi connectivity index (χ1n) is 30.8. The van der Waals surface area contributed by atoms with Crippen LogP contribution in [-0.4, -0.2) is 262 Å². The standard InChI is InChI=1S/C60H96O26/c1-24-34(63)38(67)43(72)50(78-24)84-47-29(22-62)81-49(46(75)42(47)71)77-23-30-37(66)40(69)45(74)52(82-30)86-54(76)60-18-16-55(3,4)20-27(60)26-10-11-32-57(7)14-13-33(56(5,6)31(57)12-15-59(32,9)58(26,8)17-19-60)83-53-48(41(70)36(65)28(21-61)80-53)85-51-44(73)39(68)35(64)25(2)79-51/h10-11,24-25,28-53,61-75H,12-23H2,1-9H3. The van der Waals surface area contributed by atoms with E-state index in [4.69, 9.17) is 47.4 Å². The van der Waals surface area contributed by atoms with E-state index in [2.05, 4.69) is 60.6 Å². The van der Waals surface area contributed by atoms with Crippen LogP contribution in [0.4, 0.5) is 0 Å². The van der Waals surface area contributed by atoms with Gasteiger partial charge in [0.05, 0.1) is 43.5 Å². The Hall–Kier alpha value is -2.01. The molecule has 0 amide bonds. The van der Waals surface area contributed by atoms with Crippen LogP contribution in [0.2, 0.25) is 0 Å². The van der Waals surface area contributed by atoms with Crippen molar-refractivity contribution < 1.29 is 129 Å². The summed E-state index contributed by atoms with van der Waals surface area (Å²) in [6.45, 7) is 16.5. The molecule has 0 aromatic carbocycles. The fourth-order valence-corrected chi connectivity index (χ4v) is 17.1. The molecule has 32 unspecified atom stereocenters. The van der Waals surface area contributed by atoms with E-state index in [1.54, 1.807) is 0 Å². The second-order valence-corrected chi connectivity index (χ2v) is 28.7. The molecule has 5 heterocycles. The van der Waals surface area contributed by atoms with Gasteiger partial charge < -0.3 is 124 Å². The maximum atomic E-state index is 15.2. The van der Waals surface area contributed by atoms with Crippen LogP contribution in [0.5, 0.6) is 0 Å². The predicted molar refractivity (Wildman–Crippen MR) is 293 cm³/mol. The van der Waals surface area contributed by atoms with Crippen LogP contribution < -0.4 is 0 Å². The summed E-state index contributed by atoms with van der Waals surface area (Å²) in [7, 11) is 0. The molecule has 492 valence electrons. The Bertz CT molecular complexity index is 2460. The number of ether oxygens (including phenoxy) is 10. The van der Waals surface area contributed by atoms with Crippen LogP contribution in [0.25, 0.3) is 0 Å². The SMILES string of the molecule is CC1OC(OC2C(CO)OC(OCC3OC(OC(=O)C45CCC(C)(C)CC4=C4C=CC6C7(C)CCC(OC8OC(CO)C(O)C(O)C8OC8OC(C)C(O)C(O)C8O)C(C)(C)C7CCC6(C)C4(C)CC5)C(O)C(O)C3O)C(O)C2O)C(O)C(O)C1O. The molecule has 5 saturated heterocycles. The molecule has 10 aliphatic rings. The van der Waals surface area contributed by atoms with E-state index in [1.807, 2.05) is 0 Å². The summed E-state index contributed by atoms with van der Waals surface area (Å²) in [5, 5.41) is 162. The van der Waals surface area contributed by atoms with E-state index in [1.165, 1.54) is 13.8 Å². The monoisotopic (exact) mass is 1230 g/mol. The number of carbonyl (C=O) groups excluding carboxylic acids is 1. The lowest BCUT2D eigenvalue weighted by atomic mass is 9.35. The number of aliphatic hydroxyl groups is 15. The highest BCUT2D eigenvalue weighted by Gasteiger charge is 2.69. The van der Waals surface area contributed by atoms with Gasteiger partial charge in [0, 0.05) is 0 Å². The molecule has 10 rings (SSSR count). The van der Waals surface area contributed by atoms with Crippen molar-refractivity contribution in [1.82, 2.24) is 0 Å². The van der Waals surface area contributed by atoms with E-state index in [-0.39, 0.29) is 28.1 Å². The largest absolute Gasteiger partial charge is 0.432 e. The van der Waals surface area contributed by atoms with Crippen LogP contribution in [0.15, 0.2) is 23.3 Å². The van der Waals surface area contributed by atoms with Crippen molar-refractivity contribution in [3.05, 3.63) is 23.3 Å². The molecular formula is C60H96O26. The molecule has 8 fully saturated rings. The van der Waals surface area contributed by atoms with Crippen LogP contribution in [0.1, 0.15) is 120 Å². The Labute approximate surface area is 500 Å². The second-order valence-electron chi connectivity index (χ2n) is 28.7. The molecular weight excluding hydrogens is 1140 g/mol. The molecule has 5 aliphatic heterocycles. The summed E-state index contributed by atoms with van der Waals surface area (Å²) in [5.41, 5.74) is -0.942. The zero-order chi connectivity index (χ0) is 62.9. The van der Waals surface area contributed by atoms with Gasteiger partial charge in [-0.15, -0.1) is 0 Å². The van der Waals surface area contributed by atoms with Crippen molar-refractivity contribution >= 4 is 5.97 Å².